The minimum absolute atomic E-state index is 0.386. The molecule has 1 aliphatic carbocycles. The van der Waals surface area contributed by atoms with Gasteiger partial charge in [-0.25, -0.2) is 12.7 Å². The zero-order valence-electron chi connectivity index (χ0n) is 14.6. The van der Waals surface area contributed by atoms with Gasteiger partial charge in [-0.15, -0.1) is 0 Å². The van der Waals surface area contributed by atoms with E-state index >= 15 is 0 Å². The molecule has 2 rings (SSSR count). The monoisotopic (exact) mass is 352 g/mol. The van der Waals surface area contributed by atoms with Crippen molar-refractivity contribution in [2.24, 2.45) is 10.7 Å². The lowest BCUT2D eigenvalue weighted by Gasteiger charge is -2.20. The van der Waals surface area contributed by atoms with Crippen molar-refractivity contribution < 1.29 is 8.42 Å². The smallest absolute Gasteiger partial charge is 0.211 e. The lowest BCUT2D eigenvalue weighted by molar-refractivity contribution is 0.427. The van der Waals surface area contributed by atoms with E-state index in [9.17, 15) is 8.42 Å². The summed E-state index contributed by atoms with van der Waals surface area (Å²) < 4.78 is 24.5. The van der Waals surface area contributed by atoms with Crippen LogP contribution in [0.3, 0.4) is 0 Å². The van der Waals surface area contributed by atoms with Crippen molar-refractivity contribution in [3.05, 3.63) is 29.3 Å². The van der Waals surface area contributed by atoms with Crippen molar-refractivity contribution in [1.82, 2.24) is 4.31 Å². The molecular weight excluding hydrogens is 324 g/mol. The van der Waals surface area contributed by atoms with E-state index in [0.29, 0.717) is 32.0 Å². The number of sulfonamides is 1. The molecule has 0 fully saturated rings. The van der Waals surface area contributed by atoms with Gasteiger partial charge in [-0.2, -0.15) is 0 Å². The van der Waals surface area contributed by atoms with Crippen LogP contribution in [-0.2, 0) is 22.9 Å². The molecule has 6 nitrogen and oxygen atoms in total. The van der Waals surface area contributed by atoms with Crippen LogP contribution in [0.15, 0.2) is 23.2 Å². The molecule has 134 valence electrons. The van der Waals surface area contributed by atoms with Gasteiger partial charge in [0.25, 0.3) is 0 Å². The van der Waals surface area contributed by atoms with Crippen LogP contribution in [0.5, 0.6) is 0 Å². The molecule has 0 aliphatic heterocycles. The van der Waals surface area contributed by atoms with E-state index in [1.54, 1.807) is 0 Å². The van der Waals surface area contributed by atoms with Crippen LogP contribution in [0, 0.1) is 0 Å². The van der Waals surface area contributed by atoms with Crippen LogP contribution >= 0.6 is 0 Å². The van der Waals surface area contributed by atoms with E-state index in [0.717, 1.165) is 18.5 Å². The molecule has 7 heteroatoms. The van der Waals surface area contributed by atoms with Crippen LogP contribution < -0.4 is 11.1 Å². The Morgan fingerprint density at radius 3 is 2.79 bits per heavy atom. The molecule has 0 bridgehead atoms. The molecule has 24 heavy (non-hydrogen) atoms. The first-order valence-electron chi connectivity index (χ1n) is 8.54. The van der Waals surface area contributed by atoms with Crippen molar-refractivity contribution in [3.8, 4) is 0 Å². The third-order valence-electron chi connectivity index (χ3n) is 4.33. The first-order valence-corrected chi connectivity index (χ1v) is 10.4. The predicted octanol–water partition coefficient (Wildman–Crippen LogP) is 1.96. The van der Waals surface area contributed by atoms with Gasteiger partial charge in [0, 0.05) is 25.3 Å². The first kappa shape index (κ1) is 18.7. The van der Waals surface area contributed by atoms with Gasteiger partial charge in [-0.1, -0.05) is 19.1 Å². The van der Waals surface area contributed by atoms with Crippen LogP contribution in [0.4, 0.5) is 5.69 Å². The predicted molar refractivity (Wildman–Crippen MR) is 99.9 cm³/mol. The second-order valence-electron chi connectivity index (χ2n) is 6.15. The number of fused-ring (bicyclic) bond motifs is 1. The Hall–Kier alpha value is -1.60. The lowest BCUT2D eigenvalue weighted by atomic mass is 9.90. The maximum Gasteiger partial charge on any atom is 0.211 e. The molecule has 0 unspecified atom stereocenters. The highest BCUT2D eigenvalue weighted by Gasteiger charge is 2.14. The van der Waals surface area contributed by atoms with E-state index < -0.39 is 10.0 Å². The highest BCUT2D eigenvalue weighted by atomic mass is 32.2. The largest absolute Gasteiger partial charge is 0.370 e. The quantitative estimate of drug-likeness (QED) is 0.446. The third-order valence-corrected chi connectivity index (χ3v) is 5.71. The molecule has 0 heterocycles. The van der Waals surface area contributed by atoms with Gasteiger partial charge >= 0.3 is 0 Å². The van der Waals surface area contributed by atoms with Crippen LogP contribution in [0.25, 0.3) is 0 Å². The number of nitrogens with one attached hydrogen (secondary N) is 1. The standard InChI is InChI=1S/C17H28N4O2S/c1-3-21(24(2,22)23)13-7-12-19-17(18)20-16-11-6-9-14-8-4-5-10-15(14)16/h6,9,11H,3-5,7-8,10,12-13H2,1-2H3,(H3,18,19,20). The van der Waals surface area contributed by atoms with Crippen LogP contribution in [-0.4, -0.2) is 44.6 Å². The highest BCUT2D eigenvalue weighted by Crippen LogP contribution is 2.27. The number of hydrogen-bond acceptors (Lipinski definition) is 3. The summed E-state index contributed by atoms with van der Waals surface area (Å²) in [5.74, 6) is 0.386. The van der Waals surface area contributed by atoms with Gasteiger partial charge < -0.3 is 11.1 Å². The zero-order chi connectivity index (χ0) is 17.6. The van der Waals surface area contributed by atoms with E-state index in [-0.39, 0.29) is 0 Å². The number of aliphatic imine (C=N–C) groups is 1. The third kappa shape index (κ3) is 5.21. The highest BCUT2D eigenvalue weighted by molar-refractivity contribution is 7.88. The van der Waals surface area contributed by atoms with Crippen LogP contribution in [0.2, 0.25) is 0 Å². The number of anilines is 1. The first-order chi connectivity index (χ1) is 11.4. The Morgan fingerprint density at radius 1 is 1.33 bits per heavy atom. The van der Waals surface area contributed by atoms with Crippen molar-refractivity contribution in [1.29, 1.82) is 0 Å². The summed E-state index contributed by atoms with van der Waals surface area (Å²) >= 11 is 0. The minimum Gasteiger partial charge on any atom is -0.370 e. The Balaban J connectivity index is 1.89. The Morgan fingerprint density at radius 2 is 2.08 bits per heavy atom. The SMILES string of the molecule is CCN(CCCN=C(N)Nc1cccc2c1CCCC2)S(C)(=O)=O. The number of benzene rings is 1. The van der Waals surface area contributed by atoms with Gasteiger partial charge in [-0.05, 0) is 49.3 Å². The fraction of sp³-hybridized carbons (Fsp3) is 0.588. The second-order valence-corrected chi connectivity index (χ2v) is 8.13. The summed E-state index contributed by atoms with van der Waals surface area (Å²) in [6.07, 6.45) is 6.53. The summed E-state index contributed by atoms with van der Waals surface area (Å²) in [4.78, 5) is 4.32. The molecule has 1 aromatic rings. The molecule has 1 aliphatic rings. The van der Waals surface area contributed by atoms with E-state index in [1.165, 1.54) is 34.5 Å². The van der Waals surface area contributed by atoms with Crippen molar-refractivity contribution in [2.45, 2.75) is 39.0 Å². The molecule has 0 aromatic heterocycles. The van der Waals surface area contributed by atoms with E-state index in [2.05, 4.69) is 16.4 Å². The van der Waals surface area contributed by atoms with Crippen molar-refractivity contribution in [2.75, 3.05) is 31.2 Å². The van der Waals surface area contributed by atoms with Gasteiger partial charge in [-0.3, -0.25) is 4.99 Å². The molecular formula is C17H28N4O2S. The fourth-order valence-electron chi connectivity index (χ4n) is 3.08. The molecule has 0 atom stereocenters. The summed E-state index contributed by atoms with van der Waals surface area (Å²) in [6.45, 7) is 3.28. The molecule has 0 saturated carbocycles. The van der Waals surface area contributed by atoms with Gasteiger partial charge in [0.1, 0.15) is 0 Å². The second kappa shape index (κ2) is 8.48. The van der Waals surface area contributed by atoms with Gasteiger partial charge in [0.05, 0.1) is 6.26 Å². The van der Waals surface area contributed by atoms with Gasteiger partial charge in [0.15, 0.2) is 5.96 Å². The average Bonchev–Trinajstić information content (AvgIpc) is 2.54. The topological polar surface area (TPSA) is 87.8 Å². The van der Waals surface area contributed by atoms with E-state index in [1.807, 2.05) is 19.1 Å². The van der Waals surface area contributed by atoms with Crippen LogP contribution in [0.1, 0.15) is 37.3 Å². The molecule has 0 radical (unpaired) electrons. The number of guanidine groups is 1. The molecule has 3 N–H and O–H groups in total. The van der Waals surface area contributed by atoms with E-state index in [4.69, 9.17) is 5.73 Å². The molecule has 0 saturated heterocycles. The number of nitrogens with two attached hydrogens (primary N) is 1. The summed E-state index contributed by atoms with van der Waals surface area (Å²) in [6, 6.07) is 6.26. The van der Waals surface area contributed by atoms with Gasteiger partial charge in [0.2, 0.25) is 10.0 Å². The number of rotatable bonds is 7. The molecule has 1 aromatic carbocycles. The zero-order valence-corrected chi connectivity index (χ0v) is 15.4. The van der Waals surface area contributed by atoms with Crippen molar-refractivity contribution in [3.63, 3.8) is 0 Å². The Labute approximate surface area is 145 Å². The fourth-order valence-corrected chi connectivity index (χ4v) is 4.01. The Kier molecular flexibility index (Phi) is 6.62. The average molecular weight is 353 g/mol. The lowest BCUT2D eigenvalue weighted by Crippen LogP contribution is -2.31. The maximum absolute atomic E-state index is 11.5. The number of aryl methyl sites for hydroxylation is 1. The minimum atomic E-state index is -3.14. The summed E-state index contributed by atoms with van der Waals surface area (Å²) in [7, 11) is -3.14. The molecule has 0 amide bonds. The Bertz CT molecular complexity index is 686. The summed E-state index contributed by atoms with van der Waals surface area (Å²) in [5, 5.41) is 3.20. The normalized spacial score (nSPS) is 15.4. The maximum atomic E-state index is 11.5. The molecule has 0 spiro atoms. The number of nitrogens with zero attached hydrogens (tertiary/aromatic N) is 2. The van der Waals surface area contributed by atoms with Crippen molar-refractivity contribution >= 4 is 21.7 Å². The summed E-state index contributed by atoms with van der Waals surface area (Å²) in [5.41, 5.74) is 9.76. The number of hydrogen-bond donors (Lipinski definition) is 2.